The average Bonchev–Trinajstić information content (AvgIpc) is 3.30. The van der Waals surface area contributed by atoms with Gasteiger partial charge in [-0.25, -0.2) is 4.79 Å². The number of methoxy groups -OCH3 is 1. The third-order valence-corrected chi connectivity index (χ3v) is 6.91. The van der Waals surface area contributed by atoms with E-state index in [1.165, 1.54) is 7.11 Å². The molecule has 0 aliphatic rings. The Bertz CT molecular complexity index is 1630. The highest BCUT2D eigenvalue weighted by Crippen LogP contribution is 2.32. The summed E-state index contributed by atoms with van der Waals surface area (Å²) in [6.07, 6.45) is 0. The Morgan fingerprint density at radius 1 is 0.897 bits per heavy atom. The molecule has 0 fully saturated rings. The number of halogens is 1. The fraction of sp³-hybridized carbons (Fsp3) is 0.188. The monoisotopic (exact) mass is 540 g/mol. The van der Waals surface area contributed by atoms with Crippen LogP contribution < -0.4 is 9.47 Å². The molecule has 4 aromatic carbocycles. The number of aromatic nitrogens is 2. The van der Waals surface area contributed by atoms with E-state index in [0.29, 0.717) is 35.5 Å². The van der Waals surface area contributed by atoms with E-state index in [2.05, 4.69) is 18.2 Å². The van der Waals surface area contributed by atoms with Crippen molar-refractivity contribution in [3.05, 3.63) is 112 Å². The first-order valence-corrected chi connectivity index (χ1v) is 13.1. The van der Waals surface area contributed by atoms with Crippen LogP contribution >= 0.6 is 11.6 Å². The topological polar surface area (TPSA) is 62.6 Å². The van der Waals surface area contributed by atoms with Crippen LogP contribution in [0.4, 0.5) is 0 Å². The van der Waals surface area contributed by atoms with Gasteiger partial charge in [-0.15, -0.1) is 0 Å². The number of rotatable bonds is 9. The molecule has 0 bridgehead atoms. The van der Waals surface area contributed by atoms with Crippen molar-refractivity contribution in [2.75, 3.05) is 13.7 Å². The molecule has 5 aromatic rings. The van der Waals surface area contributed by atoms with E-state index in [0.717, 1.165) is 38.9 Å². The molecule has 0 unspecified atom stereocenters. The van der Waals surface area contributed by atoms with Gasteiger partial charge in [0.05, 0.1) is 36.9 Å². The molecule has 0 saturated heterocycles. The number of aryl methyl sites for hydroxylation is 1. The van der Waals surface area contributed by atoms with E-state index in [9.17, 15) is 4.79 Å². The molecule has 0 atom stereocenters. The van der Waals surface area contributed by atoms with Crippen LogP contribution in [0.5, 0.6) is 11.8 Å². The van der Waals surface area contributed by atoms with Crippen LogP contribution in [-0.4, -0.2) is 29.2 Å². The maximum Gasteiger partial charge on any atom is 0.338 e. The number of hydrogen-bond donors (Lipinski definition) is 0. The zero-order valence-corrected chi connectivity index (χ0v) is 22.9. The standard InChI is InChI=1S/C32H29ClN2O4/c1-4-38-32-34-30-21(2)16-26(39-20-25-12-8-9-13-27(25)31(36)37-3)18-29(30)35(32)19-24-15-14-23(17-28(24)33)22-10-6-5-7-11-22/h5-18H,4,19-20H2,1-3H3. The van der Waals surface area contributed by atoms with Crippen LogP contribution in [0.1, 0.15) is 34.0 Å². The zero-order chi connectivity index (χ0) is 27.4. The fourth-order valence-electron chi connectivity index (χ4n) is 4.59. The Hall–Kier alpha value is -4.29. The van der Waals surface area contributed by atoms with Gasteiger partial charge in [0.15, 0.2) is 0 Å². The first kappa shape index (κ1) is 26.3. The number of carbonyl (C=O) groups is 1. The number of carbonyl (C=O) groups excluding carboxylic acids is 1. The summed E-state index contributed by atoms with van der Waals surface area (Å²) in [5.74, 6) is 0.268. The van der Waals surface area contributed by atoms with Gasteiger partial charge in [-0.2, -0.15) is 4.98 Å². The third-order valence-electron chi connectivity index (χ3n) is 6.56. The predicted molar refractivity (Wildman–Crippen MR) is 154 cm³/mol. The van der Waals surface area contributed by atoms with E-state index in [4.69, 9.17) is 30.8 Å². The Balaban J connectivity index is 1.48. The molecule has 198 valence electrons. The van der Waals surface area contributed by atoms with Gasteiger partial charge in [0, 0.05) is 16.7 Å². The van der Waals surface area contributed by atoms with E-state index in [1.807, 2.05) is 73.0 Å². The maximum absolute atomic E-state index is 12.2. The lowest BCUT2D eigenvalue weighted by molar-refractivity contribution is 0.0597. The van der Waals surface area contributed by atoms with E-state index in [1.54, 1.807) is 12.1 Å². The lowest BCUT2D eigenvalue weighted by Crippen LogP contribution is -2.08. The maximum atomic E-state index is 12.2. The quantitative estimate of drug-likeness (QED) is 0.181. The number of ether oxygens (including phenoxy) is 3. The van der Waals surface area contributed by atoms with Crippen LogP contribution in [0.3, 0.4) is 0 Å². The minimum atomic E-state index is -0.393. The molecule has 0 amide bonds. The second kappa shape index (κ2) is 11.6. The number of esters is 1. The van der Waals surface area contributed by atoms with Crippen molar-refractivity contribution in [3.63, 3.8) is 0 Å². The number of benzene rings is 4. The lowest BCUT2D eigenvalue weighted by Gasteiger charge is -2.13. The van der Waals surface area contributed by atoms with Crippen molar-refractivity contribution in [2.45, 2.75) is 27.0 Å². The Morgan fingerprint density at radius 2 is 1.67 bits per heavy atom. The van der Waals surface area contributed by atoms with Crippen molar-refractivity contribution in [1.29, 1.82) is 0 Å². The largest absolute Gasteiger partial charge is 0.489 e. The summed E-state index contributed by atoms with van der Waals surface area (Å²) in [5, 5.41) is 0.671. The van der Waals surface area contributed by atoms with Gasteiger partial charge in [-0.3, -0.25) is 4.57 Å². The number of fused-ring (bicyclic) bond motifs is 1. The van der Waals surface area contributed by atoms with Crippen LogP contribution in [0.15, 0.2) is 84.9 Å². The summed E-state index contributed by atoms with van der Waals surface area (Å²) in [7, 11) is 1.37. The van der Waals surface area contributed by atoms with Gasteiger partial charge in [-0.05, 0) is 54.3 Å². The van der Waals surface area contributed by atoms with E-state index >= 15 is 0 Å². The van der Waals surface area contributed by atoms with Crippen molar-refractivity contribution >= 4 is 28.6 Å². The molecule has 0 aliphatic carbocycles. The second-order valence-electron chi connectivity index (χ2n) is 9.13. The van der Waals surface area contributed by atoms with Crippen LogP contribution in [0.25, 0.3) is 22.2 Å². The minimum Gasteiger partial charge on any atom is -0.489 e. The number of imidazole rings is 1. The zero-order valence-electron chi connectivity index (χ0n) is 22.1. The summed E-state index contributed by atoms with van der Waals surface area (Å²) in [4.78, 5) is 17.0. The summed E-state index contributed by atoms with van der Waals surface area (Å²) in [6.45, 7) is 5.11. The SMILES string of the molecule is CCOc1nc2c(C)cc(OCc3ccccc3C(=O)OC)cc2n1Cc1ccc(-c2ccccc2)cc1Cl. The third kappa shape index (κ3) is 5.61. The van der Waals surface area contributed by atoms with Gasteiger partial charge in [-0.1, -0.05) is 72.3 Å². The Kier molecular flexibility index (Phi) is 7.84. The first-order chi connectivity index (χ1) is 19.0. The number of nitrogens with zero attached hydrogens (tertiary/aromatic N) is 2. The smallest absolute Gasteiger partial charge is 0.338 e. The highest BCUT2D eigenvalue weighted by molar-refractivity contribution is 6.31. The summed E-state index contributed by atoms with van der Waals surface area (Å²) < 4.78 is 19.0. The van der Waals surface area contributed by atoms with Crippen LogP contribution in [0, 0.1) is 6.92 Å². The van der Waals surface area contributed by atoms with Gasteiger partial charge >= 0.3 is 5.97 Å². The average molecular weight is 541 g/mol. The first-order valence-electron chi connectivity index (χ1n) is 12.7. The molecule has 5 rings (SSSR count). The molecular weight excluding hydrogens is 512 g/mol. The summed E-state index contributed by atoms with van der Waals surface area (Å²) in [6, 6.07) is 27.9. The molecule has 7 heteroatoms. The minimum absolute atomic E-state index is 0.218. The van der Waals surface area contributed by atoms with Gasteiger partial charge in [0.1, 0.15) is 12.4 Å². The molecule has 6 nitrogen and oxygen atoms in total. The molecule has 0 radical (unpaired) electrons. The molecule has 0 N–H and O–H groups in total. The van der Waals surface area contributed by atoms with Gasteiger partial charge < -0.3 is 14.2 Å². The van der Waals surface area contributed by atoms with Crippen LogP contribution in [-0.2, 0) is 17.9 Å². The predicted octanol–water partition coefficient (Wildman–Crippen LogP) is 7.48. The van der Waals surface area contributed by atoms with Crippen molar-refractivity contribution in [3.8, 4) is 22.9 Å². The molecule has 1 aromatic heterocycles. The van der Waals surface area contributed by atoms with E-state index < -0.39 is 5.97 Å². The van der Waals surface area contributed by atoms with Gasteiger partial charge in [0.2, 0.25) is 0 Å². The summed E-state index contributed by atoms with van der Waals surface area (Å²) >= 11 is 6.77. The molecule has 0 saturated carbocycles. The molecule has 1 heterocycles. The lowest BCUT2D eigenvalue weighted by atomic mass is 10.0. The van der Waals surface area contributed by atoms with E-state index in [-0.39, 0.29) is 6.61 Å². The Morgan fingerprint density at radius 3 is 2.41 bits per heavy atom. The van der Waals surface area contributed by atoms with Crippen LogP contribution in [0.2, 0.25) is 5.02 Å². The van der Waals surface area contributed by atoms with Crippen molar-refractivity contribution in [2.24, 2.45) is 0 Å². The normalized spacial score (nSPS) is 11.0. The molecular formula is C32H29ClN2O4. The second-order valence-corrected chi connectivity index (χ2v) is 9.54. The molecule has 0 aliphatic heterocycles. The highest BCUT2D eigenvalue weighted by Gasteiger charge is 2.18. The van der Waals surface area contributed by atoms with Crippen molar-refractivity contribution in [1.82, 2.24) is 9.55 Å². The van der Waals surface area contributed by atoms with Gasteiger partial charge in [0.25, 0.3) is 6.01 Å². The highest BCUT2D eigenvalue weighted by atomic mass is 35.5. The number of hydrogen-bond acceptors (Lipinski definition) is 5. The fourth-order valence-corrected chi connectivity index (χ4v) is 4.83. The van der Waals surface area contributed by atoms with Crippen molar-refractivity contribution < 1.29 is 19.0 Å². The molecule has 0 spiro atoms. The molecule has 39 heavy (non-hydrogen) atoms. The Labute approximate surface area is 232 Å². The summed E-state index contributed by atoms with van der Waals surface area (Å²) in [5.41, 5.74) is 7.01.